The van der Waals surface area contributed by atoms with Crippen LogP contribution in [0.4, 0.5) is 0 Å². The molecule has 30 heavy (non-hydrogen) atoms. The maximum absolute atomic E-state index is 9.84. The van der Waals surface area contributed by atoms with E-state index in [4.69, 9.17) is 5.10 Å². The van der Waals surface area contributed by atoms with E-state index in [0.29, 0.717) is 11.3 Å². The summed E-state index contributed by atoms with van der Waals surface area (Å²) in [6.07, 6.45) is 11.0. The van der Waals surface area contributed by atoms with Crippen LogP contribution < -0.4 is 0 Å². The minimum Gasteiger partial charge on any atom is -0.306 e. The molecular formula is C24H16N6. The van der Waals surface area contributed by atoms with Crippen molar-refractivity contribution in [2.75, 3.05) is 0 Å². The normalized spacial score (nSPS) is 11.5. The molecule has 0 aliphatic heterocycles. The minimum absolute atomic E-state index is 0.469. The van der Waals surface area contributed by atoms with Gasteiger partial charge in [-0.3, -0.25) is 4.98 Å². The van der Waals surface area contributed by atoms with Crippen LogP contribution in [0, 0.1) is 11.3 Å². The number of fused-ring (bicyclic) bond motifs is 1. The van der Waals surface area contributed by atoms with Crippen molar-refractivity contribution in [2.24, 2.45) is 0 Å². The number of rotatable bonds is 4. The maximum atomic E-state index is 9.84. The van der Waals surface area contributed by atoms with Gasteiger partial charge in [0.2, 0.25) is 0 Å². The fourth-order valence-corrected chi connectivity index (χ4v) is 3.32. The SMILES string of the molecule is N#CC(=Cc1cn(-c2ccccc2)nc1-c1cccnc1)c1cn2ccccc2n1. The van der Waals surface area contributed by atoms with Crippen LogP contribution in [0.5, 0.6) is 0 Å². The summed E-state index contributed by atoms with van der Waals surface area (Å²) in [5.41, 5.74) is 5.27. The Morgan fingerprint density at radius 2 is 1.83 bits per heavy atom. The molecular weight excluding hydrogens is 372 g/mol. The standard InChI is InChI=1S/C24H16N6/c25-14-19(22-17-29-12-5-4-10-23(29)27-22)13-20-16-30(21-8-2-1-3-9-21)28-24(20)18-7-6-11-26-15-18/h1-13,15-17H. The molecule has 0 unspecified atom stereocenters. The summed E-state index contributed by atoms with van der Waals surface area (Å²) in [4.78, 5) is 8.80. The first-order valence-electron chi connectivity index (χ1n) is 9.43. The largest absolute Gasteiger partial charge is 0.306 e. The van der Waals surface area contributed by atoms with Crippen LogP contribution >= 0.6 is 0 Å². The van der Waals surface area contributed by atoms with Gasteiger partial charge < -0.3 is 4.40 Å². The zero-order chi connectivity index (χ0) is 20.3. The lowest BCUT2D eigenvalue weighted by Crippen LogP contribution is -1.94. The number of nitrogens with zero attached hydrogens (tertiary/aromatic N) is 6. The molecule has 5 aromatic rings. The van der Waals surface area contributed by atoms with Crippen molar-refractivity contribution in [3.05, 3.63) is 103 Å². The molecule has 142 valence electrons. The fraction of sp³-hybridized carbons (Fsp3) is 0. The molecule has 0 aliphatic carbocycles. The first kappa shape index (κ1) is 17.6. The number of para-hydroxylation sites is 1. The summed E-state index contributed by atoms with van der Waals surface area (Å²) in [6.45, 7) is 0. The van der Waals surface area contributed by atoms with E-state index < -0.39 is 0 Å². The lowest BCUT2D eigenvalue weighted by molar-refractivity contribution is 0.884. The van der Waals surface area contributed by atoms with E-state index in [2.05, 4.69) is 16.0 Å². The van der Waals surface area contributed by atoms with Crippen molar-refractivity contribution in [1.82, 2.24) is 24.1 Å². The molecule has 6 heteroatoms. The van der Waals surface area contributed by atoms with Gasteiger partial charge in [0.25, 0.3) is 0 Å². The van der Waals surface area contributed by atoms with E-state index >= 15 is 0 Å². The highest BCUT2D eigenvalue weighted by Crippen LogP contribution is 2.27. The van der Waals surface area contributed by atoms with Gasteiger partial charge in [0.15, 0.2) is 0 Å². The van der Waals surface area contributed by atoms with Crippen LogP contribution in [0.25, 0.3) is 34.2 Å². The van der Waals surface area contributed by atoms with E-state index in [9.17, 15) is 5.26 Å². The molecule has 0 fully saturated rings. The van der Waals surface area contributed by atoms with Crippen molar-refractivity contribution in [3.8, 4) is 23.0 Å². The number of pyridine rings is 2. The first-order valence-corrected chi connectivity index (χ1v) is 9.43. The van der Waals surface area contributed by atoms with Gasteiger partial charge in [0, 0.05) is 42.1 Å². The Bertz CT molecular complexity index is 1360. The Hall–Kier alpha value is -4.50. The number of nitriles is 1. The average molecular weight is 388 g/mol. The molecule has 0 bridgehead atoms. The van der Waals surface area contributed by atoms with Crippen molar-refractivity contribution >= 4 is 17.3 Å². The average Bonchev–Trinajstić information content (AvgIpc) is 3.43. The van der Waals surface area contributed by atoms with Crippen LogP contribution in [0.3, 0.4) is 0 Å². The fourth-order valence-electron chi connectivity index (χ4n) is 3.32. The summed E-state index contributed by atoms with van der Waals surface area (Å²) in [6, 6.07) is 21.8. The summed E-state index contributed by atoms with van der Waals surface area (Å²) in [7, 11) is 0. The van der Waals surface area contributed by atoms with Crippen molar-refractivity contribution < 1.29 is 0 Å². The number of benzene rings is 1. The van der Waals surface area contributed by atoms with E-state index in [-0.39, 0.29) is 0 Å². The molecule has 0 spiro atoms. The van der Waals surface area contributed by atoms with Crippen molar-refractivity contribution in [2.45, 2.75) is 0 Å². The predicted molar refractivity (Wildman–Crippen MR) is 115 cm³/mol. The third kappa shape index (κ3) is 3.25. The molecule has 5 rings (SSSR count). The predicted octanol–water partition coefficient (Wildman–Crippen LogP) is 4.65. The van der Waals surface area contributed by atoms with E-state index in [1.54, 1.807) is 12.4 Å². The van der Waals surface area contributed by atoms with Gasteiger partial charge in [-0.05, 0) is 42.5 Å². The van der Waals surface area contributed by atoms with Gasteiger partial charge in [-0.25, -0.2) is 9.67 Å². The number of aromatic nitrogens is 5. The van der Waals surface area contributed by atoms with E-state index in [1.807, 2.05) is 94.4 Å². The third-order valence-electron chi connectivity index (χ3n) is 4.76. The van der Waals surface area contributed by atoms with Crippen LogP contribution in [0.2, 0.25) is 0 Å². The van der Waals surface area contributed by atoms with Gasteiger partial charge in [-0.1, -0.05) is 24.3 Å². The zero-order valence-electron chi connectivity index (χ0n) is 15.9. The minimum atomic E-state index is 0.469. The Labute approximate surface area is 173 Å². The molecule has 0 N–H and O–H groups in total. The highest BCUT2D eigenvalue weighted by atomic mass is 15.3. The summed E-state index contributed by atoms with van der Waals surface area (Å²) in [5.74, 6) is 0. The van der Waals surface area contributed by atoms with Crippen molar-refractivity contribution in [1.29, 1.82) is 5.26 Å². The van der Waals surface area contributed by atoms with Crippen LogP contribution in [0.1, 0.15) is 11.3 Å². The monoisotopic (exact) mass is 388 g/mol. The second kappa shape index (κ2) is 7.49. The quantitative estimate of drug-likeness (QED) is 0.420. The number of imidazole rings is 1. The van der Waals surface area contributed by atoms with Crippen LogP contribution in [-0.4, -0.2) is 24.1 Å². The molecule has 0 radical (unpaired) electrons. The third-order valence-corrected chi connectivity index (χ3v) is 4.76. The van der Waals surface area contributed by atoms with E-state index in [1.165, 1.54) is 0 Å². The molecule has 0 aliphatic rings. The number of allylic oxidation sites excluding steroid dienone is 1. The van der Waals surface area contributed by atoms with Gasteiger partial charge in [0.05, 0.1) is 17.0 Å². The lowest BCUT2D eigenvalue weighted by atomic mass is 10.1. The zero-order valence-corrected chi connectivity index (χ0v) is 15.9. The second-order valence-electron chi connectivity index (χ2n) is 6.72. The molecule has 0 saturated carbocycles. The van der Waals surface area contributed by atoms with Gasteiger partial charge in [-0.2, -0.15) is 10.4 Å². The smallest absolute Gasteiger partial charge is 0.137 e. The Morgan fingerprint density at radius 3 is 2.60 bits per heavy atom. The highest BCUT2D eigenvalue weighted by Gasteiger charge is 2.14. The number of hydrogen-bond donors (Lipinski definition) is 0. The topological polar surface area (TPSA) is 71.8 Å². The molecule has 4 heterocycles. The molecule has 0 amide bonds. The summed E-state index contributed by atoms with van der Waals surface area (Å²) < 4.78 is 3.71. The van der Waals surface area contributed by atoms with Crippen LogP contribution in [0.15, 0.2) is 91.6 Å². The number of hydrogen-bond acceptors (Lipinski definition) is 4. The highest BCUT2D eigenvalue weighted by molar-refractivity contribution is 5.91. The summed E-state index contributed by atoms with van der Waals surface area (Å²) in [5, 5.41) is 14.6. The van der Waals surface area contributed by atoms with Gasteiger partial charge in [-0.15, -0.1) is 0 Å². The van der Waals surface area contributed by atoms with Crippen molar-refractivity contribution in [3.63, 3.8) is 0 Å². The molecule has 1 aromatic carbocycles. The second-order valence-corrected chi connectivity index (χ2v) is 6.72. The molecule has 6 nitrogen and oxygen atoms in total. The summed E-state index contributed by atoms with van der Waals surface area (Å²) >= 11 is 0. The molecule has 0 atom stereocenters. The van der Waals surface area contributed by atoms with E-state index in [0.717, 1.165) is 28.2 Å². The van der Waals surface area contributed by atoms with Crippen LogP contribution in [-0.2, 0) is 0 Å². The Morgan fingerprint density at radius 1 is 0.967 bits per heavy atom. The Kier molecular flexibility index (Phi) is 4.39. The molecule has 4 aromatic heterocycles. The van der Waals surface area contributed by atoms with Gasteiger partial charge in [0.1, 0.15) is 17.4 Å². The Balaban J connectivity index is 1.66. The first-order chi connectivity index (χ1) is 14.8. The maximum Gasteiger partial charge on any atom is 0.137 e. The van der Waals surface area contributed by atoms with Gasteiger partial charge >= 0.3 is 0 Å². The lowest BCUT2D eigenvalue weighted by Gasteiger charge is -2.00. The molecule has 0 saturated heterocycles.